The lowest BCUT2D eigenvalue weighted by molar-refractivity contribution is -0.121. The molecule has 6 heteroatoms. The number of carbonyl (C=O) groups is 1. The minimum Gasteiger partial charge on any atom is -0.464 e. The van der Waals surface area contributed by atoms with Gasteiger partial charge in [0, 0.05) is 5.38 Å². The van der Waals surface area contributed by atoms with Crippen LogP contribution in [0.2, 0.25) is 0 Å². The van der Waals surface area contributed by atoms with E-state index in [0.717, 1.165) is 11.5 Å². The first-order valence-corrected chi connectivity index (χ1v) is 6.48. The standard InChI is InChI=1S/C12H15N3O2S/c1-7-3-4-10(17-7)8(2)14-11(16)5-9-6-18-12(13)15-9/h3-4,6,8H,5H2,1-2H3,(H2,13,15)(H,14,16). The van der Waals surface area contributed by atoms with E-state index in [2.05, 4.69) is 10.3 Å². The van der Waals surface area contributed by atoms with Gasteiger partial charge in [-0.1, -0.05) is 0 Å². The van der Waals surface area contributed by atoms with Crippen molar-refractivity contribution in [2.45, 2.75) is 26.3 Å². The summed E-state index contributed by atoms with van der Waals surface area (Å²) < 4.78 is 5.45. The largest absolute Gasteiger partial charge is 0.464 e. The van der Waals surface area contributed by atoms with Crippen molar-refractivity contribution < 1.29 is 9.21 Å². The Bertz CT molecular complexity index is 547. The lowest BCUT2D eigenvalue weighted by Gasteiger charge is -2.10. The summed E-state index contributed by atoms with van der Waals surface area (Å²) in [7, 11) is 0. The SMILES string of the molecule is Cc1ccc(C(C)NC(=O)Cc2csc(N)n2)o1. The second kappa shape index (κ2) is 5.22. The third-order valence-electron chi connectivity index (χ3n) is 2.48. The number of nitrogens with two attached hydrogens (primary N) is 1. The molecule has 5 nitrogen and oxygen atoms in total. The number of nitrogens with zero attached hydrogens (tertiary/aromatic N) is 1. The van der Waals surface area contributed by atoms with Crippen molar-refractivity contribution in [1.82, 2.24) is 10.3 Å². The van der Waals surface area contributed by atoms with E-state index in [1.807, 2.05) is 26.0 Å². The van der Waals surface area contributed by atoms with Gasteiger partial charge in [0.15, 0.2) is 5.13 Å². The van der Waals surface area contributed by atoms with E-state index in [1.54, 1.807) is 5.38 Å². The molecule has 2 heterocycles. The van der Waals surface area contributed by atoms with Gasteiger partial charge in [-0.05, 0) is 26.0 Å². The molecule has 0 radical (unpaired) electrons. The first-order valence-electron chi connectivity index (χ1n) is 5.60. The predicted molar refractivity (Wildman–Crippen MR) is 70.2 cm³/mol. The van der Waals surface area contributed by atoms with Crippen molar-refractivity contribution in [2.24, 2.45) is 0 Å². The highest BCUT2D eigenvalue weighted by Crippen LogP contribution is 2.16. The molecule has 0 aliphatic carbocycles. The number of rotatable bonds is 4. The fourth-order valence-corrected chi connectivity index (χ4v) is 2.18. The van der Waals surface area contributed by atoms with Crippen molar-refractivity contribution in [1.29, 1.82) is 0 Å². The predicted octanol–water partition coefficient (Wildman–Crippen LogP) is 2.05. The van der Waals surface area contributed by atoms with Crippen LogP contribution in [0, 0.1) is 6.92 Å². The second-order valence-electron chi connectivity index (χ2n) is 4.09. The first kappa shape index (κ1) is 12.6. The second-order valence-corrected chi connectivity index (χ2v) is 4.98. The summed E-state index contributed by atoms with van der Waals surface area (Å²) in [5.74, 6) is 1.49. The summed E-state index contributed by atoms with van der Waals surface area (Å²) >= 11 is 1.33. The van der Waals surface area contributed by atoms with Crippen LogP contribution in [-0.4, -0.2) is 10.9 Å². The molecule has 2 aromatic rings. The summed E-state index contributed by atoms with van der Waals surface area (Å²) in [6.07, 6.45) is 0.234. The maximum absolute atomic E-state index is 11.8. The summed E-state index contributed by atoms with van der Waals surface area (Å²) in [6.45, 7) is 3.75. The van der Waals surface area contributed by atoms with Crippen LogP contribution in [0.15, 0.2) is 21.9 Å². The highest BCUT2D eigenvalue weighted by Gasteiger charge is 2.13. The number of aromatic nitrogens is 1. The monoisotopic (exact) mass is 265 g/mol. The average Bonchev–Trinajstić information content (AvgIpc) is 2.87. The number of hydrogen-bond acceptors (Lipinski definition) is 5. The molecule has 18 heavy (non-hydrogen) atoms. The summed E-state index contributed by atoms with van der Waals surface area (Å²) in [4.78, 5) is 15.8. The number of thiazole rings is 1. The molecule has 1 unspecified atom stereocenters. The van der Waals surface area contributed by atoms with Crippen LogP contribution >= 0.6 is 11.3 Å². The molecular formula is C12H15N3O2S. The zero-order valence-corrected chi connectivity index (χ0v) is 11.1. The molecule has 1 amide bonds. The van der Waals surface area contributed by atoms with Crippen LogP contribution in [-0.2, 0) is 11.2 Å². The van der Waals surface area contributed by atoms with Crippen LogP contribution in [0.3, 0.4) is 0 Å². The summed E-state index contributed by atoms with van der Waals surface area (Å²) in [6, 6.07) is 3.59. The van der Waals surface area contributed by atoms with Crippen molar-refractivity contribution in [3.8, 4) is 0 Å². The van der Waals surface area contributed by atoms with Gasteiger partial charge in [0.25, 0.3) is 0 Å². The van der Waals surface area contributed by atoms with E-state index in [9.17, 15) is 4.79 Å². The van der Waals surface area contributed by atoms with Crippen molar-refractivity contribution >= 4 is 22.4 Å². The maximum atomic E-state index is 11.8. The third-order valence-corrected chi connectivity index (χ3v) is 3.20. The van der Waals surface area contributed by atoms with E-state index in [1.165, 1.54) is 11.3 Å². The fraction of sp³-hybridized carbons (Fsp3) is 0.333. The van der Waals surface area contributed by atoms with Crippen LogP contribution in [0.4, 0.5) is 5.13 Å². The molecular weight excluding hydrogens is 250 g/mol. The molecule has 1 atom stereocenters. The minimum atomic E-state index is -0.151. The summed E-state index contributed by atoms with van der Waals surface area (Å²) in [5.41, 5.74) is 6.20. The van der Waals surface area contributed by atoms with Crippen molar-refractivity contribution in [2.75, 3.05) is 5.73 Å². The Kier molecular flexibility index (Phi) is 3.66. The number of nitrogen functional groups attached to an aromatic ring is 1. The lowest BCUT2D eigenvalue weighted by atomic mass is 10.2. The Morgan fingerprint density at radius 3 is 2.94 bits per heavy atom. The molecule has 0 saturated heterocycles. The molecule has 2 aromatic heterocycles. The molecule has 0 fully saturated rings. The summed E-state index contributed by atoms with van der Waals surface area (Å²) in [5, 5.41) is 5.13. The Labute approximate surface area is 109 Å². The van der Waals surface area contributed by atoms with Crippen molar-refractivity contribution in [3.05, 3.63) is 34.7 Å². The van der Waals surface area contributed by atoms with Crippen LogP contribution in [0.5, 0.6) is 0 Å². The molecule has 2 rings (SSSR count). The Balaban J connectivity index is 1.91. The average molecular weight is 265 g/mol. The first-order chi connectivity index (χ1) is 8.54. The van der Waals surface area contributed by atoms with E-state index in [4.69, 9.17) is 10.2 Å². The van der Waals surface area contributed by atoms with E-state index >= 15 is 0 Å². The smallest absolute Gasteiger partial charge is 0.226 e. The van der Waals surface area contributed by atoms with Gasteiger partial charge < -0.3 is 15.5 Å². The van der Waals surface area contributed by atoms with Gasteiger partial charge in [-0.25, -0.2) is 4.98 Å². The third kappa shape index (κ3) is 3.10. The van der Waals surface area contributed by atoms with Gasteiger partial charge in [-0.15, -0.1) is 11.3 Å². The van der Waals surface area contributed by atoms with Gasteiger partial charge in [0.05, 0.1) is 18.2 Å². The molecule has 0 aliphatic heterocycles. The number of amides is 1. The quantitative estimate of drug-likeness (QED) is 0.886. The molecule has 0 saturated carbocycles. The number of furan rings is 1. The Hall–Kier alpha value is -1.82. The highest BCUT2D eigenvalue weighted by molar-refractivity contribution is 7.13. The Morgan fingerprint density at radius 1 is 1.61 bits per heavy atom. The molecule has 0 bridgehead atoms. The van der Waals surface area contributed by atoms with Gasteiger partial charge in [-0.2, -0.15) is 0 Å². The van der Waals surface area contributed by atoms with Crippen LogP contribution in [0.25, 0.3) is 0 Å². The van der Waals surface area contributed by atoms with Crippen LogP contribution in [0.1, 0.15) is 30.2 Å². The topological polar surface area (TPSA) is 81.2 Å². The van der Waals surface area contributed by atoms with E-state index < -0.39 is 0 Å². The molecule has 0 spiro atoms. The number of hydrogen-bond donors (Lipinski definition) is 2. The van der Waals surface area contributed by atoms with Crippen molar-refractivity contribution in [3.63, 3.8) is 0 Å². The van der Waals surface area contributed by atoms with E-state index in [-0.39, 0.29) is 18.4 Å². The zero-order valence-electron chi connectivity index (χ0n) is 10.3. The molecule has 0 aromatic carbocycles. The fourth-order valence-electron chi connectivity index (χ4n) is 1.62. The highest BCUT2D eigenvalue weighted by atomic mass is 32.1. The lowest BCUT2D eigenvalue weighted by Crippen LogP contribution is -2.27. The molecule has 96 valence electrons. The van der Waals surface area contributed by atoms with Gasteiger partial charge >= 0.3 is 0 Å². The van der Waals surface area contributed by atoms with Gasteiger partial charge in [0.2, 0.25) is 5.91 Å². The van der Waals surface area contributed by atoms with Gasteiger partial charge in [0.1, 0.15) is 11.5 Å². The van der Waals surface area contributed by atoms with Gasteiger partial charge in [-0.3, -0.25) is 4.79 Å². The number of nitrogens with one attached hydrogen (secondary N) is 1. The number of carbonyl (C=O) groups excluding carboxylic acids is 1. The van der Waals surface area contributed by atoms with E-state index in [0.29, 0.717) is 10.8 Å². The minimum absolute atomic E-state index is 0.0955. The normalized spacial score (nSPS) is 12.3. The molecule has 3 N–H and O–H groups in total. The molecule has 0 aliphatic rings. The Morgan fingerprint density at radius 2 is 2.39 bits per heavy atom. The van der Waals surface area contributed by atoms with Crippen LogP contribution < -0.4 is 11.1 Å². The zero-order chi connectivity index (χ0) is 13.1. The number of aryl methyl sites for hydroxylation is 1. The maximum Gasteiger partial charge on any atom is 0.226 e. The number of anilines is 1.